The van der Waals surface area contributed by atoms with Crippen LogP contribution in [0.25, 0.3) is 0 Å². The highest BCUT2D eigenvalue weighted by Crippen LogP contribution is 2.20. The van der Waals surface area contributed by atoms with Gasteiger partial charge in [0.15, 0.2) is 6.61 Å². The molecule has 0 atom stereocenters. The summed E-state index contributed by atoms with van der Waals surface area (Å²) in [4.78, 5) is 28.3. The zero-order valence-corrected chi connectivity index (χ0v) is 14.6. The lowest BCUT2D eigenvalue weighted by atomic mass is 10.2. The average molecular weight is 369 g/mol. The molecule has 1 aliphatic rings. The summed E-state index contributed by atoms with van der Waals surface area (Å²) in [5, 5.41) is 10.8. The Morgan fingerprint density at radius 3 is 2.67 bits per heavy atom. The monoisotopic (exact) mass is 369 g/mol. The zero-order valence-electron chi connectivity index (χ0n) is 14.6. The number of nitrogens with zero attached hydrogens (tertiary/aromatic N) is 3. The van der Waals surface area contributed by atoms with Crippen molar-refractivity contribution in [2.75, 3.05) is 32.9 Å². The molecule has 27 heavy (non-hydrogen) atoms. The van der Waals surface area contributed by atoms with Crippen molar-refractivity contribution in [1.82, 2.24) is 4.90 Å². The van der Waals surface area contributed by atoms with Crippen LogP contribution in [0.1, 0.15) is 5.56 Å². The fraction of sp³-hybridized carbons (Fsp3) is 0.263. The Balaban J connectivity index is 1.54. The number of aliphatic imine (C=N–C) groups is 1. The maximum Gasteiger partial charge on any atom is 0.271 e. The van der Waals surface area contributed by atoms with Gasteiger partial charge in [-0.1, -0.05) is 6.07 Å². The number of nitro groups is 1. The molecule has 0 bridgehead atoms. The topological polar surface area (TPSA) is 94.3 Å². The van der Waals surface area contributed by atoms with E-state index >= 15 is 0 Å². The van der Waals surface area contributed by atoms with E-state index in [4.69, 9.17) is 9.47 Å². The molecule has 0 N–H and O–H groups in total. The summed E-state index contributed by atoms with van der Waals surface area (Å²) in [5.41, 5.74) is 1.31. The normalized spacial score (nSPS) is 14.3. The lowest BCUT2D eigenvalue weighted by Gasteiger charge is -2.26. The minimum absolute atomic E-state index is 0.00154. The number of morpholine rings is 1. The van der Waals surface area contributed by atoms with Crippen LogP contribution in [0.2, 0.25) is 0 Å². The first-order valence-electron chi connectivity index (χ1n) is 8.49. The van der Waals surface area contributed by atoms with Crippen molar-refractivity contribution in [1.29, 1.82) is 0 Å². The molecule has 2 aromatic rings. The van der Waals surface area contributed by atoms with E-state index in [-0.39, 0.29) is 18.2 Å². The summed E-state index contributed by atoms with van der Waals surface area (Å²) in [7, 11) is 0. The molecule has 8 nitrogen and oxygen atoms in total. The Morgan fingerprint density at radius 1 is 1.22 bits per heavy atom. The third-order valence-corrected chi connectivity index (χ3v) is 4.01. The molecule has 8 heteroatoms. The first-order chi connectivity index (χ1) is 13.1. The van der Waals surface area contributed by atoms with Gasteiger partial charge in [-0.25, -0.2) is 0 Å². The fourth-order valence-electron chi connectivity index (χ4n) is 2.54. The minimum Gasteiger partial charge on any atom is -0.484 e. The van der Waals surface area contributed by atoms with E-state index in [1.165, 1.54) is 12.1 Å². The van der Waals surface area contributed by atoms with Gasteiger partial charge in [0.05, 0.1) is 23.8 Å². The molecule has 140 valence electrons. The largest absolute Gasteiger partial charge is 0.484 e. The van der Waals surface area contributed by atoms with Crippen LogP contribution in [0.5, 0.6) is 5.75 Å². The maximum absolute atomic E-state index is 12.0. The van der Waals surface area contributed by atoms with Crippen LogP contribution < -0.4 is 4.74 Å². The van der Waals surface area contributed by atoms with Crippen molar-refractivity contribution >= 4 is 23.5 Å². The Kier molecular flexibility index (Phi) is 6.11. The van der Waals surface area contributed by atoms with Gasteiger partial charge in [0.1, 0.15) is 5.75 Å². The molecule has 0 aliphatic carbocycles. The molecule has 0 spiro atoms. The Bertz CT molecular complexity index is 829. The summed E-state index contributed by atoms with van der Waals surface area (Å²) in [5.74, 6) is 0.527. The lowest BCUT2D eigenvalue weighted by molar-refractivity contribution is -0.384. The van der Waals surface area contributed by atoms with Crippen LogP contribution >= 0.6 is 0 Å². The molecule has 2 aromatic carbocycles. The fourth-order valence-corrected chi connectivity index (χ4v) is 2.54. The molecule has 3 rings (SSSR count). The van der Waals surface area contributed by atoms with Gasteiger partial charge in [0.25, 0.3) is 11.6 Å². The SMILES string of the molecule is O=C(COc1ccc(C=Nc2cccc([N+](=O)[O-])c2)cc1)N1CCOCC1. The zero-order chi connectivity index (χ0) is 19.1. The molecule has 1 heterocycles. The van der Waals surface area contributed by atoms with Crippen molar-refractivity contribution in [2.45, 2.75) is 0 Å². The Morgan fingerprint density at radius 2 is 1.96 bits per heavy atom. The van der Waals surface area contributed by atoms with Gasteiger partial charge in [0, 0.05) is 31.4 Å². The maximum atomic E-state index is 12.0. The van der Waals surface area contributed by atoms with Gasteiger partial charge in [-0.2, -0.15) is 0 Å². The lowest BCUT2D eigenvalue weighted by Crippen LogP contribution is -2.42. The second kappa shape index (κ2) is 8.91. The number of benzene rings is 2. The van der Waals surface area contributed by atoms with Crippen LogP contribution in [-0.2, 0) is 9.53 Å². The van der Waals surface area contributed by atoms with Gasteiger partial charge in [-0.15, -0.1) is 0 Å². The highest BCUT2D eigenvalue weighted by Gasteiger charge is 2.17. The molecule has 1 amide bonds. The molecule has 0 unspecified atom stereocenters. The van der Waals surface area contributed by atoms with E-state index in [2.05, 4.69) is 4.99 Å². The van der Waals surface area contributed by atoms with E-state index in [1.54, 1.807) is 47.5 Å². The first kappa shape index (κ1) is 18.5. The molecule has 1 fully saturated rings. The van der Waals surface area contributed by atoms with E-state index in [9.17, 15) is 14.9 Å². The van der Waals surface area contributed by atoms with E-state index < -0.39 is 4.92 Å². The van der Waals surface area contributed by atoms with Crippen LogP contribution in [0.15, 0.2) is 53.5 Å². The van der Waals surface area contributed by atoms with Gasteiger partial charge < -0.3 is 14.4 Å². The van der Waals surface area contributed by atoms with Crippen LogP contribution in [-0.4, -0.2) is 54.9 Å². The smallest absolute Gasteiger partial charge is 0.271 e. The number of carbonyl (C=O) groups excluding carboxylic acids is 1. The average Bonchev–Trinajstić information content (AvgIpc) is 2.72. The van der Waals surface area contributed by atoms with Gasteiger partial charge in [0.2, 0.25) is 0 Å². The summed E-state index contributed by atoms with van der Waals surface area (Å²) >= 11 is 0. The van der Waals surface area contributed by atoms with Crippen molar-refractivity contribution in [3.63, 3.8) is 0 Å². The highest BCUT2D eigenvalue weighted by atomic mass is 16.6. The standard InChI is InChI=1S/C19H19N3O5/c23-19(21-8-10-26-11-9-21)14-27-18-6-4-15(5-7-18)13-20-16-2-1-3-17(12-16)22(24)25/h1-7,12-13H,8-11,14H2. The summed E-state index contributed by atoms with van der Waals surface area (Å²) in [6.45, 7) is 2.29. The third-order valence-electron chi connectivity index (χ3n) is 4.01. The van der Waals surface area contributed by atoms with Gasteiger partial charge >= 0.3 is 0 Å². The number of nitro benzene ring substituents is 1. The molecule has 0 aromatic heterocycles. The second-order valence-corrected chi connectivity index (χ2v) is 5.89. The molecule has 1 aliphatic heterocycles. The van der Waals surface area contributed by atoms with Crippen molar-refractivity contribution in [2.24, 2.45) is 4.99 Å². The van der Waals surface area contributed by atoms with E-state index in [0.29, 0.717) is 37.7 Å². The first-order valence-corrected chi connectivity index (χ1v) is 8.49. The Hall–Kier alpha value is -3.26. The number of non-ortho nitro benzene ring substituents is 1. The quantitative estimate of drug-likeness (QED) is 0.443. The van der Waals surface area contributed by atoms with Crippen molar-refractivity contribution in [3.05, 3.63) is 64.2 Å². The molecule has 1 saturated heterocycles. The second-order valence-electron chi connectivity index (χ2n) is 5.89. The molecular weight excluding hydrogens is 350 g/mol. The summed E-state index contributed by atoms with van der Waals surface area (Å²) in [6.07, 6.45) is 1.61. The van der Waals surface area contributed by atoms with E-state index in [1.807, 2.05) is 0 Å². The Labute approximate surface area is 156 Å². The summed E-state index contributed by atoms with van der Waals surface area (Å²) in [6, 6.07) is 13.2. The number of carbonyl (C=O) groups is 1. The van der Waals surface area contributed by atoms with Crippen LogP contribution in [0, 0.1) is 10.1 Å². The number of hydrogen-bond acceptors (Lipinski definition) is 6. The van der Waals surface area contributed by atoms with Crippen LogP contribution in [0.3, 0.4) is 0 Å². The number of rotatable bonds is 6. The minimum atomic E-state index is -0.455. The van der Waals surface area contributed by atoms with Crippen molar-refractivity contribution < 1.29 is 19.2 Å². The summed E-state index contributed by atoms with van der Waals surface area (Å²) < 4.78 is 10.7. The highest BCUT2D eigenvalue weighted by molar-refractivity contribution is 5.82. The van der Waals surface area contributed by atoms with Crippen LogP contribution in [0.4, 0.5) is 11.4 Å². The molecular formula is C19H19N3O5. The number of ether oxygens (including phenoxy) is 2. The predicted molar refractivity (Wildman–Crippen MR) is 99.7 cm³/mol. The predicted octanol–water partition coefficient (Wildman–Crippen LogP) is 2.58. The third kappa shape index (κ3) is 5.35. The molecule has 0 saturated carbocycles. The molecule has 0 radical (unpaired) electrons. The van der Waals surface area contributed by atoms with Gasteiger partial charge in [-0.05, 0) is 35.9 Å². The number of hydrogen-bond donors (Lipinski definition) is 0. The van der Waals surface area contributed by atoms with Crippen molar-refractivity contribution in [3.8, 4) is 5.75 Å². The number of amides is 1. The van der Waals surface area contributed by atoms with E-state index in [0.717, 1.165) is 5.56 Å². The van der Waals surface area contributed by atoms with Gasteiger partial charge in [-0.3, -0.25) is 19.9 Å².